The second kappa shape index (κ2) is 7.57. The maximum Gasteiger partial charge on any atom is 0.318 e. The average molecular weight is 399 g/mol. The van der Waals surface area contributed by atoms with E-state index in [4.69, 9.17) is 9.47 Å². The molecule has 0 fully saturated rings. The number of fused-ring (bicyclic) bond motifs is 2. The van der Waals surface area contributed by atoms with E-state index in [0.717, 1.165) is 54.5 Å². The van der Waals surface area contributed by atoms with Crippen LogP contribution in [0.15, 0.2) is 18.2 Å². The molecule has 2 aromatic rings. The Hall–Kier alpha value is -2.77. The van der Waals surface area contributed by atoms with Crippen LogP contribution in [-0.4, -0.2) is 45.0 Å². The fourth-order valence-corrected chi connectivity index (χ4v) is 4.07. The van der Waals surface area contributed by atoms with Gasteiger partial charge in [-0.2, -0.15) is 0 Å². The summed E-state index contributed by atoms with van der Waals surface area (Å²) in [5.74, 6) is 3.33. The molecule has 8 nitrogen and oxygen atoms in total. The maximum absolute atomic E-state index is 13.1. The van der Waals surface area contributed by atoms with Gasteiger partial charge in [-0.1, -0.05) is 0 Å². The smallest absolute Gasteiger partial charge is 0.318 e. The van der Waals surface area contributed by atoms with E-state index < -0.39 is 5.60 Å². The van der Waals surface area contributed by atoms with Crippen molar-refractivity contribution in [2.45, 2.75) is 64.8 Å². The predicted molar refractivity (Wildman–Crippen MR) is 108 cm³/mol. The van der Waals surface area contributed by atoms with Gasteiger partial charge in [0.2, 0.25) is 0 Å². The van der Waals surface area contributed by atoms with Gasteiger partial charge in [0.05, 0.1) is 26.2 Å². The summed E-state index contributed by atoms with van der Waals surface area (Å²) in [6, 6.07) is 5.37. The zero-order valence-electron chi connectivity index (χ0n) is 17.6. The number of carbonyl (C=O) groups excluding carboxylic acids is 1. The molecule has 2 aliphatic heterocycles. The lowest BCUT2D eigenvalue weighted by Gasteiger charge is -2.30. The standard InChI is InChI=1S/C21H29N5O3/c1-14(19-24-23-18-7-5-6-10-26(18)19)22-20(27)25-12-15-8-9-16(28-4)11-17(15)29-21(2,3)13-25/h8-9,11,14H,5-7,10,12-13H2,1-4H3,(H,22,27). The number of hydrogen-bond acceptors (Lipinski definition) is 5. The van der Waals surface area contributed by atoms with E-state index >= 15 is 0 Å². The Kier molecular flexibility index (Phi) is 5.10. The third kappa shape index (κ3) is 4.02. The molecule has 0 bridgehead atoms. The van der Waals surface area contributed by atoms with Crippen LogP contribution in [0.4, 0.5) is 4.79 Å². The summed E-state index contributed by atoms with van der Waals surface area (Å²) in [6.45, 7) is 7.79. The molecule has 1 aromatic heterocycles. The summed E-state index contributed by atoms with van der Waals surface area (Å²) in [4.78, 5) is 14.9. The van der Waals surface area contributed by atoms with Gasteiger partial charge in [-0.05, 0) is 45.7 Å². The molecule has 4 rings (SSSR count). The highest BCUT2D eigenvalue weighted by Gasteiger charge is 2.33. The van der Waals surface area contributed by atoms with Crippen molar-refractivity contribution in [3.63, 3.8) is 0 Å². The monoisotopic (exact) mass is 399 g/mol. The number of carbonyl (C=O) groups is 1. The van der Waals surface area contributed by atoms with Crippen molar-refractivity contribution in [2.75, 3.05) is 13.7 Å². The Morgan fingerprint density at radius 2 is 2.14 bits per heavy atom. The Morgan fingerprint density at radius 3 is 2.93 bits per heavy atom. The van der Waals surface area contributed by atoms with Gasteiger partial charge in [0.25, 0.3) is 0 Å². The quantitative estimate of drug-likeness (QED) is 0.858. The molecule has 2 aliphatic rings. The SMILES string of the molecule is COc1ccc2c(c1)OC(C)(C)CN(C(=O)NC(C)c1nnc3n1CCCC3)C2. The van der Waals surface area contributed by atoms with E-state index in [9.17, 15) is 4.79 Å². The highest BCUT2D eigenvalue weighted by Crippen LogP contribution is 2.32. The molecule has 0 spiro atoms. The number of aromatic nitrogens is 3. The first-order valence-corrected chi connectivity index (χ1v) is 10.2. The number of methoxy groups -OCH3 is 1. The second-order valence-corrected chi connectivity index (χ2v) is 8.45. The molecular formula is C21H29N5O3. The summed E-state index contributed by atoms with van der Waals surface area (Å²) in [5.41, 5.74) is 0.436. The Balaban J connectivity index is 1.52. The third-order valence-corrected chi connectivity index (χ3v) is 5.50. The predicted octanol–water partition coefficient (Wildman–Crippen LogP) is 3.07. The summed E-state index contributed by atoms with van der Waals surface area (Å²) in [6.07, 6.45) is 3.22. The molecule has 1 aromatic carbocycles. The minimum atomic E-state index is -0.522. The van der Waals surface area contributed by atoms with Crippen molar-refractivity contribution in [2.24, 2.45) is 0 Å². The van der Waals surface area contributed by atoms with Crippen molar-refractivity contribution < 1.29 is 14.3 Å². The van der Waals surface area contributed by atoms with Gasteiger partial charge >= 0.3 is 6.03 Å². The van der Waals surface area contributed by atoms with Crippen LogP contribution in [0, 0.1) is 0 Å². The fraction of sp³-hybridized carbons (Fsp3) is 0.571. The third-order valence-electron chi connectivity index (χ3n) is 5.50. The Morgan fingerprint density at radius 1 is 1.31 bits per heavy atom. The molecule has 1 N–H and O–H groups in total. The highest BCUT2D eigenvalue weighted by atomic mass is 16.5. The van der Waals surface area contributed by atoms with Crippen molar-refractivity contribution in [3.8, 4) is 11.5 Å². The first-order chi connectivity index (χ1) is 13.9. The Bertz CT molecular complexity index is 908. The molecule has 0 radical (unpaired) electrons. The van der Waals surface area contributed by atoms with Crippen LogP contribution in [0.25, 0.3) is 0 Å². The lowest BCUT2D eigenvalue weighted by Crippen LogP contribution is -2.47. The Labute approximate surface area is 171 Å². The van der Waals surface area contributed by atoms with Crippen molar-refractivity contribution >= 4 is 6.03 Å². The lowest BCUT2D eigenvalue weighted by molar-refractivity contribution is 0.0799. The number of nitrogens with zero attached hydrogens (tertiary/aromatic N) is 4. The lowest BCUT2D eigenvalue weighted by atomic mass is 10.1. The summed E-state index contributed by atoms with van der Waals surface area (Å²) < 4.78 is 13.6. The number of hydrogen-bond donors (Lipinski definition) is 1. The molecule has 8 heteroatoms. The van der Waals surface area contributed by atoms with Crippen LogP contribution >= 0.6 is 0 Å². The number of benzene rings is 1. The molecular weight excluding hydrogens is 370 g/mol. The first kappa shape index (κ1) is 19.5. The van der Waals surface area contributed by atoms with Crippen molar-refractivity contribution in [1.82, 2.24) is 25.0 Å². The van der Waals surface area contributed by atoms with E-state index in [2.05, 4.69) is 20.1 Å². The fourth-order valence-electron chi connectivity index (χ4n) is 4.07. The molecule has 0 saturated carbocycles. The second-order valence-electron chi connectivity index (χ2n) is 8.45. The minimum Gasteiger partial charge on any atom is -0.497 e. The van der Waals surface area contributed by atoms with Crippen molar-refractivity contribution in [3.05, 3.63) is 35.4 Å². The van der Waals surface area contributed by atoms with Gasteiger partial charge in [-0.15, -0.1) is 10.2 Å². The molecule has 0 aliphatic carbocycles. The highest BCUT2D eigenvalue weighted by molar-refractivity contribution is 5.75. The van der Waals surface area contributed by atoms with Crippen LogP contribution in [-0.2, 0) is 19.5 Å². The number of ether oxygens (including phenoxy) is 2. The molecule has 1 atom stereocenters. The molecule has 0 saturated heterocycles. The van der Waals surface area contributed by atoms with Crippen LogP contribution in [0.3, 0.4) is 0 Å². The number of aryl methyl sites for hydroxylation is 1. The van der Waals surface area contributed by atoms with E-state index in [1.165, 1.54) is 0 Å². The minimum absolute atomic E-state index is 0.133. The van der Waals surface area contributed by atoms with Gasteiger partial charge in [-0.3, -0.25) is 0 Å². The van der Waals surface area contributed by atoms with Gasteiger partial charge in [0.1, 0.15) is 22.9 Å². The van der Waals surface area contributed by atoms with Crippen LogP contribution < -0.4 is 14.8 Å². The largest absolute Gasteiger partial charge is 0.497 e. The number of nitrogens with one attached hydrogen (secondary N) is 1. The molecule has 3 heterocycles. The van der Waals surface area contributed by atoms with Gasteiger partial charge < -0.3 is 24.3 Å². The van der Waals surface area contributed by atoms with E-state index in [0.29, 0.717) is 13.1 Å². The molecule has 1 unspecified atom stereocenters. The molecule has 29 heavy (non-hydrogen) atoms. The number of urea groups is 1. The van der Waals surface area contributed by atoms with Crippen molar-refractivity contribution in [1.29, 1.82) is 0 Å². The zero-order valence-corrected chi connectivity index (χ0v) is 17.6. The first-order valence-electron chi connectivity index (χ1n) is 10.2. The van der Waals surface area contributed by atoms with Gasteiger partial charge in [0, 0.05) is 24.6 Å². The van der Waals surface area contributed by atoms with Gasteiger partial charge in [-0.25, -0.2) is 4.79 Å². The molecule has 2 amide bonds. The van der Waals surface area contributed by atoms with Crippen LogP contribution in [0.1, 0.15) is 56.9 Å². The summed E-state index contributed by atoms with van der Waals surface area (Å²) >= 11 is 0. The topological polar surface area (TPSA) is 81.5 Å². The average Bonchev–Trinajstić information content (AvgIpc) is 3.06. The number of rotatable bonds is 3. The van der Waals surface area contributed by atoms with Crippen LogP contribution in [0.5, 0.6) is 11.5 Å². The summed E-state index contributed by atoms with van der Waals surface area (Å²) in [5, 5.41) is 11.7. The normalized spacial score (nSPS) is 18.7. The zero-order chi connectivity index (χ0) is 20.6. The summed E-state index contributed by atoms with van der Waals surface area (Å²) in [7, 11) is 1.63. The molecule has 156 valence electrons. The van der Waals surface area contributed by atoms with Crippen LogP contribution in [0.2, 0.25) is 0 Å². The maximum atomic E-state index is 13.1. The van der Waals surface area contributed by atoms with E-state index in [-0.39, 0.29) is 12.1 Å². The van der Waals surface area contributed by atoms with E-state index in [1.54, 1.807) is 12.0 Å². The number of amides is 2. The van der Waals surface area contributed by atoms with Gasteiger partial charge in [0.15, 0.2) is 5.82 Å². The van der Waals surface area contributed by atoms with E-state index in [1.807, 2.05) is 39.0 Å².